The SMILES string of the molecule is COc1ccc(S(=O)(=O)C(F)F)c2c1CCC2O.F. The summed E-state index contributed by atoms with van der Waals surface area (Å²) in [5.41, 5.74) is 0.543. The number of hydrogen-bond acceptors (Lipinski definition) is 4. The van der Waals surface area contributed by atoms with E-state index in [1.165, 1.54) is 13.2 Å². The van der Waals surface area contributed by atoms with Gasteiger partial charge in [-0.1, -0.05) is 0 Å². The zero-order valence-electron chi connectivity index (χ0n) is 9.97. The second-order valence-corrected chi connectivity index (χ2v) is 5.90. The number of aliphatic hydroxyl groups is 1. The molecule has 0 amide bonds. The van der Waals surface area contributed by atoms with Crippen LogP contribution >= 0.6 is 0 Å². The van der Waals surface area contributed by atoms with Gasteiger partial charge in [-0.3, -0.25) is 4.70 Å². The second-order valence-electron chi connectivity index (χ2n) is 4.02. The number of halogens is 3. The second kappa shape index (κ2) is 5.38. The fourth-order valence-corrected chi connectivity index (χ4v) is 3.22. The first-order chi connectivity index (χ1) is 8.39. The smallest absolute Gasteiger partial charge is 0.341 e. The molecular formula is C11H13F3O4S. The molecule has 0 bridgehead atoms. The van der Waals surface area contributed by atoms with E-state index in [4.69, 9.17) is 4.74 Å². The van der Waals surface area contributed by atoms with Crippen molar-refractivity contribution in [2.45, 2.75) is 29.6 Å². The molecule has 2 rings (SSSR count). The van der Waals surface area contributed by atoms with Crippen LogP contribution in [-0.4, -0.2) is 26.4 Å². The van der Waals surface area contributed by atoms with Crippen molar-refractivity contribution in [1.82, 2.24) is 0 Å². The summed E-state index contributed by atoms with van der Waals surface area (Å²) in [6.07, 6.45) is -0.327. The molecule has 0 aromatic heterocycles. The monoisotopic (exact) mass is 298 g/mol. The van der Waals surface area contributed by atoms with E-state index in [0.29, 0.717) is 24.2 Å². The molecule has 108 valence electrons. The molecule has 0 saturated carbocycles. The van der Waals surface area contributed by atoms with Crippen LogP contribution in [0.5, 0.6) is 5.75 Å². The Morgan fingerprint density at radius 3 is 2.58 bits per heavy atom. The fraction of sp³-hybridized carbons (Fsp3) is 0.455. The maximum absolute atomic E-state index is 12.6. The van der Waals surface area contributed by atoms with Gasteiger partial charge in [0.15, 0.2) is 0 Å². The van der Waals surface area contributed by atoms with Gasteiger partial charge in [0.05, 0.1) is 18.1 Å². The summed E-state index contributed by atoms with van der Waals surface area (Å²) < 4.78 is 53.3. The minimum Gasteiger partial charge on any atom is -0.496 e. The minimum absolute atomic E-state index is 0. The number of sulfone groups is 1. The van der Waals surface area contributed by atoms with E-state index in [-0.39, 0.29) is 10.3 Å². The van der Waals surface area contributed by atoms with Crippen LogP contribution in [0, 0.1) is 0 Å². The predicted octanol–water partition coefficient (Wildman–Crippen LogP) is 1.82. The highest BCUT2D eigenvalue weighted by Crippen LogP contribution is 2.41. The molecule has 1 unspecified atom stereocenters. The predicted molar refractivity (Wildman–Crippen MR) is 62.0 cm³/mol. The van der Waals surface area contributed by atoms with Gasteiger partial charge in [-0.25, -0.2) is 8.42 Å². The molecule has 1 aromatic rings. The number of fused-ring (bicyclic) bond motifs is 1. The van der Waals surface area contributed by atoms with E-state index in [2.05, 4.69) is 0 Å². The number of ether oxygens (including phenoxy) is 1. The lowest BCUT2D eigenvalue weighted by atomic mass is 10.1. The van der Waals surface area contributed by atoms with Crippen LogP contribution in [0.4, 0.5) is 13.5 Å². The van der Waals surface area contributed by atoms with Crippen LogP contribution in [-0.2, 0) is 16.3 Å². The van der Waals surface area contributed by atoms with E-state index in [1.54, 1.807) is 0 Å². The lowest BCUT2D eigenvalue weighted by molar-refractivity contribution is 0.176. The molecule has 0 saturated heterocycles. The molecule has 1 aliphatic carbocycles. The summed E-state index contributed by atoms with van der Waals surface area (Å²) in [6.45, 7) is 0. The van der Waals surface area contributed by atoms with Crippen molar-refractivity contribution in [1.29, 1.82) is 0 Å². The summed E-state index contributed by atoms with van der Waals surface area (Å²) in [5, 5.41) is 9.76. The zero-order chi connectivity index (χ0) is 13.5. The standard InChI is InChI=1S/C11H12F2O4S.FH/c1-17-8-4-5-9(18(15,16)11(12)13)10-6(8)2-3-7(10)14;/h4-5,7,11,14H,2-3H2,1H3;1H. The van der Waals surface area contributed by atoms with Crippen molar-refractivity contribution in [3.63, 3.8) is 0 Å². The van der Waals surface area contributed by atoms with Crippen molar-refractivity contribution >= 4 is 9.84 Å². The molecule has 0 spiro atoms. The first kappa shape index (κ1) is 15.8. The third-order valence-corrected chi connectivity index (χ3v) is 4.47. The summed E-state index contributed by atoms with van der Waals surface area (Å²) in [7, 11) is -3.30. The maximum Gasteiger partial charge on any atom is 0.341 e. The van der Waals surface area contributed by atoms with Crippen LogP contribution in [0.25, 0.3) is 0 Å². The Hall–Kier alpha value is -1.28. The molecule has 0 aliphatic heterocycles. The molecule has 1 aromatic carbocycles. The van der Waals surface area contributed by atoms with Gasteiger partial charge >= 0.3 is 5.76 Å². The topological polar surface area (TPSA) is 63.6 Å². The van der Waals surface area contributed by atoms with Crippen LogP contribution in [0.1, 0.15) is 23.7 Å². The van der Waals surface area contributed by atoms with Gasteiger partial charge in [0.25, 0.3) is 0 Å². The molecule has 19 heavy (non-hydrogen) atoms. The Morgan fingerprint density at radius 1 is 1.42 bits per heavy atom. The van der Waals surface area contributed by atoms with Gasteiger partial charge in [-0.2, -0.15) is 8.78 Å². The van der Waals surface area contributed by atoms with Crippen LogP contribution in [0.15, 0.2) is 17.0 Å². The number of methoxy groups -OCH3 is 1. The molecule has 0 fully saturated rings. The van der Waals surface area contributed by atoms with Gasteiger partial charge in [-0.15, -0.1) is 0 Å². The van der Waals surface area contributed by atoms with Gasteiger partial charge in [0, 0.05) is 11.1 Å². The third-order valence-electron chi connectivity index (χ3n) is 3.04. The normalized spacial score (nSPS) is 18.1. The largest absolute Gasteiger partial charge is 0.496 e. The van der Waals surface area contributed by atoms with Gasteiger partial charge in [0.2, 0.25) is 9.84 Å². The summed E-state index contributed by atoms with van der Waals surface area (Å²) >= 11 is 0. The molecule has 0 radical (unpaired) electrons. The van der Waals surface area contributed by atoms with Crippen molar-refractivity contribution < 1.29 is 31.7 Å². The van der Waals surface area contributed by atoms with E-state index < -0.39 is 26.6 Å². The Labute approximate surface area is 108 Å². The number of hydrogen-bond donors (Lipinski definition) is 1. The average molecular weight is 298 g/mol. The fourth-order valence-electron chi connectivity index (χ4n) is 2.21. The third kappa shape index (κ3) is 2.42. The Kier molecular flexibility index (Phi) is 4.46. The highest BCUT2D eigenvalue weighted by atomic mass is 32.2. The Balaban J connectivity index is 0.00000180. The van der Waals surface area contributed by atoms with Crippen molar-refractivity contribution in [3.8, 4) is 5.75 Å². The van der Waals surface area contributed by atoms with Crippen LogP contribution in [0.3, 0.4) is 0 Å². The Morgan fingerprint density at radius 2 is 2.05 bits per heavy atom. The molecule has 1 atom stereocenters. The average Bonchev–Trinajstić information content (AvgIpc) is 2.70. The van der Waals surface area contributed by atoms with E-state index in [0.717, 1.165) is 6.07 Å². The maximum atomic E-state index is 12.6. The van der Waals surface area contributed by atoms with E-state index in [9.17, 15) is 22.3 Å². The number of aliphatic hydroxyl groups excluding tert-OH is 1. The van der Waals surface area contributed by atoms with Crippen LogP contribution < -0.4 is 4.74 Å². The van der Waals surface area contributed by atoms with Gasteiger partial charge in [0.1, 0.15) is 5.75 Å². The quantitative estimate of drug-likeness (QED) is 0.924. The molecule has 4 nitrogen and oxygen atoms in total. The summed E-state index contributed by atoms with van der Waals surface area (Å²) in [5.74, 6) is -3.09. The molecule has 1 aliphatic rings. The van der Waals surface area contributed by atoms with Crippen LogP contribution in [0.2, 0.25) is 0 Å². The molecule has 8 heteroatoms. The van der Waals surface area contributed by atoms with Gasteiger partial charge in [-0.05, 0) is 25.0 Å². The summed E-state index contributed by atoms with van der Waals surface area (Å²) in [6, 6.07) is 2.40. The number of alkyl halides is 2. The number of rotatable bonds is 3. The highest BCUT2D eigenvalue weighted by Gasteiger charge is 2.35. The molecule has 1 N–H and O–H groups in total. The highest BCUT2D eigenvalue weighted by molar-refractivity contribution is 7.91. The van der Waals surface area contributed by atoms with Crippen molar-refractivity contribution in [3.05, 3.63) is 23.3 Å². The zero-order valence-corrected chi connectivity index (χ0v) is 10.8. The summed E-state index contributed by atoms with van der Waals surface area (Å²) in [4.78, 5) is -0.502. The van der Waals surface area contributed by atoms with Gasteiger partial charge < -0.3 is 9.84 Å². The van der Waals surface area contributed by atoms with E-state index >= 15 is 0 Å². The lowest BCUT2D eigenvalue weighted by Crippen LogP contribution is -2.15. The lowest BCUT2D eigenvalue weighted by Gasteiger charge is -2.14. The first-order valence-corrected chi connectivity index (χ1v) is 6.84. The van der Waals surface area contributed by atoms with Crippen molar-refractivity contribution in [2.75, 3.05) is 7.11 Å². The minimum atomic E-state index is -4.71. The Bertz CT molecular complexity index is 572. The van der Waals surface area contributed by atoms with Crippen molar-refractivity contribution in [2.24, 2.45) is 0 Å². The molecule has 0 heterocycles. The molecular weight excluding hydrogens is 285 g/mol. The number of benzene rings is 1. The van der Waals surface area contributed by atoms with E-state index in [1.807, 2.05) is 0 Å². The first-order valence-electron chi connectivity index (χ1n) is 5.29.